The third-order valence-electron chi connectivity index (χ3n) is 7.48. The van der Waals surface area contributed by atoms with Gasteiger partial charge in [0, 0.05) is 61.2 Å². The lowest BCUT2D eigenvalue weighted by Gasteiger charge is -2.42. The number of ether oxygens (including phenoxy) is 1. The van der Waals surface area contributed by atoms with Crippen LogP contribution in [0.4, 0.5) is 14.5 Å². The molecule has 3 atom stereocenters. The maximum absolute atomic E-state index is 15.5. The second-order valence-electron chi connectivity index (χ2n) is 11.1. The third-order valence-corrected chi connectivity index (χ3v) is 7.48. The number of nitrogens with two attached hydrogens (primary N) is 1. The Morgan fingerprint density at radius 3 is 2.77 bits per heavy atom. The van der Waals surface area contributed by atoms with E-state index >= 15 is 4.39 Å². The summed E-state index contributed by atoms with van der Waals surface area (Å²) in [6, 6.07) is 8.95. The number of aromatic nitrogens is 4. The SMILES string of the molecule is CC(C)NC(=O)c1ccc(F)c(-c2ccc3cnc(Cc4cnccc4N4C[C@@H](N)[C@@H](OCCC#N)[C@@H](C)C4)n3n2)c1F. The minimum Gasteiger partial charge on any atom is -0.375 e. The molecular weight excluding hydrogens is 554 g/mol. The monoisotopic (exact) mass is 588 g/mol. The number of nitrogens with one attached hydrogen (secondary N) is 1. The van der Waals surface area contributed by atoms with Crippen LogP contribution >= 0.6 is 0 Å². The Morgan fingerprint density at radius 1 is 1.21 bits per heavy atom. The Labute approximate surface area is 248 Å². The summed E-state index contributed by atoms with van der Waals surface area (Å²) in [6.45, 7) is 7.21. The molecule has 43 heavy (non-hydrogen) atoms. The molecule has 0 spiro atoms. The van der Waals surface area contributed by atoms with E-state index in [1.165, 1.54) is 6.07 Å². The molecule has 1 aliphatic rings. The zero-order valence-corrected chi connectivity index (χ0v) is 24.3. The van der Waals surface area contributed by atoms with Crippen molar-refractivity contribution >= 4 is 17.1 Å². The van der Waals surface area contributed by atoms with E-state index in [4.69, 9.17) is 15.7 Å². The highest BCUT2D eigenvalue weighted by Gasteiger charge is 2.34. The number of piperidine rings is 1. The smallest absolute Gasteiger partial charge is 0.254 e. The molecule has 4 heterocycles. The van der Waals surface area contributed by atoms with Crippen molar-refractivity contribution < 1.29 is 18.3 Å². The van der Waals surface area contributed by atoms with E-state index in [0.717, 1.165) is 23.4 Å². The summed E-state index contributed by atoms with van der Waals surface area (Å²) in [4.78, 5) is 23.6. The largest absolute Gasteiger partial charge is 0.375 e. The maximum atomic E-state index is 15.5. The molecule has 10 nitrogen and oxygen atoms in total. The number of halogens is 2. The van der Waals surface area contributed by atoms with Gasteiger partial charge in [-0.2, -0.15) is 10.4 Å². The van der Waals surface area contributed by atoms with Crippen molar-refractivity contribution in [1.29, 1.82) is 5.26 Å². The summed E-state index contributed by atoms with van der Waals surface area (Å²) in [7, 11) is 0. The predicted molar refractivity (Wildman–Crippen MR) is 157 cm³/mol. The molecule has 12 heteroatoms. The van der Waals surface area contributed by atoms with E-state index in [-0.39, 0.29) is 40.9 Å². The number of nitriles is 1. The van der Waals surface area contributed by atoms with Crippen LogP contribution in [-0.2, 0) is 11.2 Å². The number of benzene rings is 1. The lowest BCUT2D eigenvalue weighted by Crippen LogP contribution is -2.57. The fraction of sp³-hybridized carbons (Fsp3) is 0.387. The van der Waals surface area contributed by atoms with Crippen LogP contribution in [0.3, 0.4) is 0 Å². The fourth-order valence-corrected chi connectivity index (χ4v) is 5.56. The highest BCUT2D eigenvalue weighted by Crippen LogP contribution is 2.30. The Hall–Kier alpha value is -4.47. The summed E-state index contributed by atoms with van der Waals surface area (Å²) in [6.07, 6.45) is 5.65. The van der Waals surface area contributed by atoms with Crippen molar-refractivity contribution in [3.05, 3.63) is 77.5 Å². The van der Waals surface area contributed by atoms with Crippen LogP contribution in [0.1, 0.15) is 48.9 Å². The first kappa shape index (κ1) is 30.0. The van der Waals surface area contributed by atoms with E-state index in [1.807, 2.05) is 6.07 Å². The van der Waals surface area contributed by atoms with Crippen molar-refractivity contribution in [1.82, 2.24) is 24.9 Å². The van der Waals surface area contributed by atoms with Crippen molar-refractivity contribution in [2.24, 2.45) is 11.7 Å². The molecular formula is C31H34F2N8O2. The first-order valence-corrected chi connectivity index (χ1v) is 14.2. The van der Waals surface area contributed by atoms with Crippen LogP contribution in [0.15, 0.2) is 48.9 Å². The molecule has 5 rings (SSSR count). The Kier molecular flexibility index (Phi) is 8.94. The van der Waals surface area contributed by atoms with Crippen molar-refractivity contribution in [3.63, 3.8) is 0 Å². The number of fused-ring (bicyclic) bond motifs is 1. The summed E-state index contributed by atoms with van der Waals surface area (Å²) in [5.74, 6) is -1.76. The van der Waals surface area contributed by atoms with Crippen LogP contribution in [0.5, 0.6) is 0 Å². The number of carbonyl (C=O) groups excluding carboxylic acids is 1. The van der Waals surface area contributed by atoms with Gasteiger partial charge in [0.05, 0.1) is 53.7 Å². The van der Waals surface area contributed by atoms with Crippen LogP contribution in [0, 0.1) is 28.9 Å². The first-order chi connectivity index (χ1) is 20.7. The molecule has 1 aliphatic heterocycles. The number of nitrogens with zero attached hydrogens (tertiary/aromatic N) is 6. The van der Waals surface area contributed by atoms with Gasteiger partial charge in [-0.3, -0.25) is 9.78 Å². The Bertz CT molecular complexity index is 1660. The number of rotatable bonds is 9. The van der Waals surface area contributed by atoms with Crippen LogP contribution in [0.25, 0.3) is 16.8 Å². The average molecular weight is 589 g/mol. The van der Waals surface area contributed by atoms with E-state index in [9.17, 15) is 9.18 Å². The van der Waals surface area contributed by atoms with Gasteiger partial charge in [-0.15, -0.1) is 0 Å². The zero-order chi connectivity index (χ0) is 30.7. The van der Waals surface area contributed by atoms with Gasteiger partial charge in [0.25, 0.3) is 5.91 Å². The Balaban J connectivity index is 1.44. The standard InChI is InChI=1S/C31H34F2N8O2/c1-18(2)38-31(42)22-6-7-23(32)28(29(22)33)25-8-5-21-15-37-27(41(21)39-25)13-20-14-36-11-9-26(20)40-16-19(3)30(24(35)17-40)43-12-4-10-34/h5-9,11,14-15,18-19,24,30H,4,12-13,16-17,35H2,1-3H3,(H,38,42)/t19-,24+,30-/m0/s1. The highest BCUT2D eigenvalue weighted by molar-refractivity contribution is 5.96. The molecule has 3 aromatic heterocycles. The van der Waals surface area contributed by atoms with E-state index in [0.29, 0.717) is 43.9 Å². The number of hydrogen-bond acceptors (Lipinski definition) is 8. The molecule has 1 aromatic carbocycles. The van der Waals surface area contributed by atoms with Gasteiger partial charge in [-0.1, -0.05) is 6.92 Å². The molecule has 1 fully saturated rings. The molecule has 0 saturated carbocycles. The molecule has 1 amide bonds. The van der Waals surface area contributed by atoms with E-state index in [1.54, 1.807) is 43.0 Å². The Morgan fingerprint density at radius 2 is 2.02 bits per heavy atom. The van der Waals surface area contributed by atoms with Crippen LogP contribution in [-0.4, -0.2) is 63.4 Å². The normalized spacial score (nSPS) is 18.7. The van der Waals surface area contributed by atoms with Gasteiger partial charge in [0.15, 0.2) is 0 Å². The van der Waals surface area contributed by atoms with Crippen molar-refractivity contribution in [2.45, 2.75) is 51.8 Å². The molecule has 0 bridgehead atoms. The fourth-order valence-electron chi connectivity index (χ4n) is 5.56. The minimum absolute atomic E-state index is 0.0330. The number of anilines is 1. The number of pyridine rings is 1. The molecule has 0 unspecified atom stereocenters. The topological polar surface area (TPSA) is 134 Å². The number of hydrogen-bond donors (Lipinski definition) is 2. The van der Waals surface area contributed by atoms with Gasteiger partial charge in [-0.25, -0.2) is 18.3 Å². The van der Waals surface area contributed by atoms with Crippen molar-refractivity contribution in [2.75, 3.05) is 24.6 Å². The number of amides is 1. The molecule has 3 N–H and O–H groups in total. The molecule has 224 valence electrons. The minimum atomic E-state index is -0.980. The van der Waals surface area contributed by atoms with Gasteiger partial charge >= 0.3 is 0 Å². The summed E-state index contributed by atoms with van der Waals surface area (Å²) >= 11 is 0. The van der Waals surface area contributed by atoms with E-state index in [2.05, 4.69) is 38.3 Å². The third kappa shape index (κ3) is 6.33. The molecule has 1 saturated heterocycles. The van der Waals surface area contributed by atoms with Crippen LogP contribution < -0.4 is 16.0 Å². The molecule has 0 radical (unpaired) electrons. The van der Waals surface area contributed by atoms with Gasteiger partial charge in [-0.05, 0) is 44.2 Å². The predicted octanol–water partition coefficient (Wildman–Crippen LogP) is 3.88. The summed E-state index contributed by atoms with van der Waals surface area (Å²) in [5.41, 5.74) is 8.37. The lowest BCUT2D eigenvalue weighted by molar-refractivity contribution is -0.00335. The molecule has 0 aliphatic carbocycles. The average Bonchev–Trinajstić information content (AvgIpc) is 3.36. The zero-order valence-electron chi connectivity index (χ0n) is 24.3. The van der Waals surface area contributed by atoms with Gasteiger partial charge < -0.3 is 20.7 Å². The van der Waals surface area contributed by atoms with Gasteiger partial charge in [0.1, 0.15) is 17.5 Å². The first-order valence-electron chi connectivity index (χ1n) is 14.2. The lowest BCUT2D eigenvalue weighted by atomic mass is 9.91. The quantitative estimate of drug-likeness (QED) is 0.282. The second kappa shape index (κ2) is 12.8. The number of imidazole rings is 1. The summed E-state index contributed by atoms with van der Waals surface area (Å²) in [5, 5.41) is 16.0. The highest BCUT2D eigenvalue weighted by atomic mass is 19.1. The van der Waals surface area contributed by atoms with Crippen LogP contribution in [0.2, 0.25) is 0 Å². The maximum Gasteiger partial charge on any atom is 0.254 e. The second-order valence-corrected chi connectivity index (χ2v) is 11.1. The molecule has 4 aromatic rings. The number of carbonyl (C=O) groups is 1. The van der Waals surface area contributed by atoms with E-state index < -0.39 is 17.5 Å². The van der Waals surface area contributed by atoms with Crippen molar-refractivity contribution in [3.8, 4) is 17.3 Å². The van der Waals surface area contributed by atoms with Gasteiger partial charge in [0.2, 0.25) is 0 Å². The summed E-state index contributed by atoms with van der Waals surface area (Å²) < 4.78 is 37.9.